The third-order valence-electron chi connectivity index (χ3n) is 3.46. The lowest BCUT2D eigenvalue weighted by molar-refractivity contribution is 0.564. The molecule has 0 fully saturated rings. The summed E-state index contributed by atoms with van der Waals surface area (Å²) in [5.41, 5.74) is 2.08. The molecule has 0 N–H and O–H groups in total. The van der Waals surface area contributed by atoms with E-state index in [-0.39, 0.29) is 7.92 Å². The van der Waals surface area contributed by atoms with Crippen LogP contribution in [0.3, 0.4) is 0 Å². The van der Waals surface area contributed by atoms with Gasteiger partial charge >= 0.3 is 0 Å². The zero-order chi connectivity index (χ0) is 13.1. The summed E-state index contributed by atoms with van der Waals surface area (Å²) in [5.74, 6) is 0.993. The van der Waals surface area contributed by atoms with Crippen molar-refractivity contribution in [1.82, 2.24) is 0 Å². The van der Waals surface area contributed by atoms with Gasteiger partial charge in [-0.1, -0.05) is 63.3 Å². The molecule has 0 amide bonds. The summed E-state index contributed by atoms with van der Waals surface area (Å²) in [6.45, 7) is 17.7. The Hall–Kier alpha value is 0.660. The Morgan fingerprint density at radius 3 is 1.31 bits per heavy atom. The monoisotopic (exact) mass is 264 g/mol. The van der Waals surface area contributed by atoms with Crippen molar-refractivity contribution < 1.29 is 4.57 Å². The summed E-state index contributed by atoms with van der Waals surface area (Å²) in [5, 5.41) is 0. The van der Waals surface area contributed by atoms with E-state index in [2.05, 4.69) is 55.4 Å². The summed E-state index contributed by atoms with van der Waals surface area (Å²) >= 11 is 0. The van der Waals surface area contributed by atoms with Gasteiger partial charge < -0.3 is 4.57 Å². The minimum atomic E-state index is -2.00. The normalized spacial score (nSPS) is 13.8. The predicted octanol–water partition coefficient (Wildman–Crippen LogP) is 5.42. The van der Waals surface area contributed by atoms with Gasteiger partial charge in [-0.05, 0) is 11.3 Å². The van der Waals surface area contributed by atoms with Crippen LogP contribution in [0.25, 0.3) is 0 Å². The highest BCUT2D eigenvalue weighted by molar-refractivity contribution is 7.79. The van der Waals surface area contributed by atoms with Gasteiger partial charge in [-0.15, -0.1) is 0 Å². The molecule has 0 aromatic heterocycles. The van der Waals surface area contributed by atoms with Crippen molar-refractivity contribution in [2.75, 3.05) is 5.90 Å². The molecule has 0 aliphatic carbocycles. The fraction of sp³-hybridized carbons (Fsp3) is 1.00. The Kier molecular flexibility index (Phi) is 6.82. The zero-order valence-corrected chi connectivity index (χ0v) is 14.1. The van der Waals surface area contributed by atoms with E-state index in [0.29, 0.717) is 22.6 Å². The van der Waals surface area contributed by atoms with Crippen molar-refractivity contribution in [3.8, 4) is 0 Å². The molecule has 0 aromatic rings. The molecule has 98 valence electrons. The second-order valence-corrected chi connectivity index (χ2v) is 13.9. The molecule has 0 bridgehead atoms. The standard InChI is InChI=1S/C13H30OP2/c1-10(2)15(11(3)4)9-16(14,12(5)6)13(7)8/h10-13H,9H2,1-8H3. The van der Waals surface area contributed by atoms with Crippen LogP contribution in [0.15, 0.2) is 0 Å². The molecule has 0 spiro atoms. The zero-order valence-electron chi connectivity index (χ0n) is 12.3. The molecule has 3 heteroatoms. The van der Waals surface area contributed by atoms with E-state index in [4.69, 9.17) is 0 Å². The lowest BCUT2D eigenvalue weighted by Crippen LogP contribution is -2.15. The van der Waals surface area contributed by atoms with Gasteiger partial charge in [0, 0.05) is 17.2 Å². The van der Waals surface area contributed by atoms with Gasteiger partial charge in [-0.3, -0.25) is 0 Å². The molecule has 0 heterocycles. The summed E-state index contributed by atoms with van der Waals surface area (Å²) in [4.78, 5) is 0. The summed E-state index contributed by atoms with van der Waals surface area (Å²) in [6, 6.07) is 0. The predicted molar refractivity (Wildman–Crippen MR) is 79.9 cm³/mol. The third-order valence-corrected chi connectivity index (χ3v) is 12.7. The van der Waals surface area contributed by atoms with Gasteiger partial charge in [0.05, 0.1) is 7.14 Å². The lowest BCUT2D eigenvalue weighted by atomic mass is 10.5. The maximum atomic E-state index is 13.0. The van der Waals surface area contributed by atoms with Crippen molar-refractivity contribution in [2.24, 2.45) is 0 Å². The molecule has 0 saturated heterocycles. The van der Waals surface area contributed by atoms with Gasteiger partial charge in [0.25, 0.3) is 0 Å². The molecule has 0 radical (unpaired) electrons. The van der Waals surface area contributed by atoms with Crippen molar-refractivity contribution in [3.63, 3.8) is 0 Å². The quantitative estimate of drug-likeness (QED) is 0.585. The second-order valence-electron chi connectivity index (χ2n) is 5.88. The van der Waals surface area contributed by atoms with Crippen molar-refractivity contribution >= 4 is 15.1 Å². The van der Waals surface area contributed by atoms with Gasteiger partial charge in [0.1, 0.15) is 0 Å². The van der Waals surface area contributed by atoms with Crippen LogP contribution in [0.1, 0.15) is 55.4 Å². The van der Waals surface area contributed by atoms with Gasteiger partial charge in [-0.25, -0.2) is 0 Å². The van der Waals surface area contributed by atoms with Crippen LogP contribution < -0.4 is 0 Å². The Morgan fingerprint density at radius 2 is 1.12 bits per heavy atom. The highest BCUT2D eigenvalue weighted by atomic mass is 31.2. The maximum absolute atomic E-state index is 13.0. The molecule has 0 rings (SSSR count). The van der Waals surface area contributed by atoms with E-state index in [1.807, 2.05) is 0 Å². The molecule has 0 saturated carbocycles. The fourth-order valence-electron chi connectivity index (χ4n) is 2.10. The van der Waals surface area contributed by atoms with E-state index in [1.165, 1.54) is 0 Å². The third kappa shape index (κ3) is 4.15. The minimum Gasteiger partial charge on any atom is -0.323 e. The summed E-state index contributed by atoms with van der Waals surface area (Å²) in [6.07, 6.45) is 0. The van der Waals surface area contributed by atoms with Crippen LogP contribution in [0.4, 0.5) is 0 Å². The SMILES string of the molecule is CC(C)P(CP(=O)(C(C)C)C(C)C)C(C)C. The van der Waals surface area contributed by atoms with Gasteiger partial charge in [0.15, 0.2) is 0 Å². The van der Waals surface area contributed by atoms with E-state index in [1.54, 1.807) is 0 Å². The van der Waals surface area contributed by atoms with Crippen molar-refractivity contribution in [3.05, 3.63) is 0 Å². The van der Waals surface area contributed by atoms with Crippen LogP contribution >= 0.6 is 15.1 Å². The molecular weight excluding hydrogens is 234 g/mol. The summed E-state index contributed by atoms with van der Waals surface area (Å²) < 4.78 is 13.0. The first-order valence-corrected chi connectivity index (χ1v) is 10.2. The molecule has 0 aliphatic rings. The highest BCUT2D eigenvalue weighted by Crippen LogP contribution is 2.65. The molecular formula is C13H30OP2. The molecule has 0 unspecified atom stereocenters. The minimum absolute atomic E-state index is 0.0947. The van der Waals surface area contributed by atoms with Crippen LogP contribution in [-0.4, -0.2) is 28.5 Å². The van der Waals surface area contributed by atoms with Crippen LogP contribution in [0, 0.1) is 0 Å². The highest BCUT2D eigenvalue weighted by Gasteiger charge is 2.34. The van der Waals surface area contributed by atoms with E-state index >= 15 is 0 Å². The first-order valence-electron chi connectivity index (χ1n) is 6.47. The average Bonchev–Trinajstić information content (AvgIpc) is 2.11. The first-order chi connectivity index (χ1) is 7.12. The van der Waals surface area contributed by atoms with Crippen molar-refractivity contribution in [1.29, 1.82) is 0 Å². The van der Waals surface area contributed by atoms with E-state index < -0.39 is 7.14 Å². The lowest BCUT2D eigenvalue weighted by Gasteiger charge is -2.34. The topological polar surface area (TPSA) is 17.1 Å². The number of hydrogen-bond acceptors (Lipinski definition) is 1. The van der Waals surface area contributed by atoms with Crippen LogP contribution in [-0.2, 0) is 4.57 Å². The average molecular weight is 264 g/mol. The van der Waals surface area contributed by atoms with E-state index in [9.17, 15) is 4.57 Å². The molecule has 16 heavy (non-hydrogen) atoms. The second kappa shape index (κ2) is 6.55. The largest absolute Gasteiger partial charge is 0.323 e. The molecule has 0 aliphatic heterocycles. The van der Waals surface area contributed by atoms with Crippen molar-refractivity contribution in [2.45, 2.75) is 78.0 Å². The molecule has 0 aromatic carbocycles. The van der Waals surface area contributed by atoms with Gasteiger partial charge in [0.2, 0.25) is 0 Å². The van der Waals surface area contributed by atoms with Gasteiger partial charge in [-0.2, -0.15) is 0 Å². The maximum Gasteiger partial charge on any atom is 0.0965 e. The number of hydrogen-bond donors (Lipinski definition) is 0. The Morgan fingerprint density at radius 1 is 0.812 bits per heavy atom. The smallest absolute Gasteiger partial charge is 0.0965 e. The molecule has 1 nitrogen and oxygen atoms in total. The Labute approximate surface area is 104 Å². The Bertz CT molecular complexity index is 224. The van der Waals surface area contributed by atoms with Crippen LogP contribution in [0.5, 0.6) is 0 Å². The van der Waals surface area contributed by atoms with Crippen LogP contribution in [0.2, 0.25) is 0 Å². The first kappa shape index (κ1) is 16.7. The number of rotatable bonds is 6. The van der Waals surface area contributed by atoms with E-state index in [0.717, 1.165) is 5.90 Å². The molecule has 0 atom stereocenters. The Balaban J connectivity index is 4.94. The summed E-state index contributed by atoms with van der Waals surface area (Å²) in [7, 11) is -2.09. The fourth-order valence-corrected chi connectivity index (χ4v) is 11.8.